The van der Waals surface area contributed by atoms with E-state index in [-0.39, 0.29) is 17.9 Å². The van der Waals surface area contributed by atoms with Gasteiger partial charge in [0.25, 0.3) is 11.6 Å². The summed E-state index contributed by atoms with van der Waals surface area (Å²) in [5, 5.41) is 20.7. The molecular formula is C12H18N4O4. The van der Waals surface area contributed by atoms with E-state index in [2.05, 4.69) is 4.98 Å². The third-order valence-electron chi connectivity index (χ3n) is 2.58. The molecule has 0 saturated heterocycles. The summed E-state index contributed by atoms with van der Waals surface area (Å²) >= 11 is 0. The lowest BCUT2D eigenvalue weighted by Crippen LogP contribution is -2.42. The average molecular weight is 282 g/mol. The number of hydrogen-bond donors (Lipinski definition) is 2. The maximum absolute atomic E-state index is 12.4. The second-order valence-electron chi connectivity index (χ2n) is 5.02. The minimum Gasteiger partial charge on any atom is -0.389 e. The largest absolute Gasteiger partial charge is 0.389 e. The van der Waals surface area contributed by atoms with Crippen LogP contribution in [0.5, 0.6) is 0 Å². The zero-order chi connectivity index (χ0) is 15.5. The lowest BCUT2D eigenvalue weighted by atomic mass is 10.1. The first-order chi connectivity index (χ1) is 9.15. The number of aromatic nitrogens is 1. The molecule has 1 amide bonds. The van der Waals surface area contributed by atoms with Crippen LogP contribution in [0.2, 0.25) is 0 Å². The van der Waals surface area contributed by atoms with E-state index in [0.717, 1.165) is 6.20 Å². The minimum atomic E-state index is -1.10. The Labute approximate surface area is 116 Å². The molecule has 0 spiro atoms. The van der Waals surface area contributed by atoms with Crippen molar-refractivity contribution in [2.24, 2.45) is 0 Å². The van der Waals surface area contributed by atoms with E-state index < -0.39 is 22.1 Å². The van der Waals surface area contributed by atoms with Gasteiger partial charge < -0.3 is 15.7 Å². The first-order valence-corrected chi connectivity index (χ1v) is 6.07. The molecule has 8 heteroatoms. The molecule has 1 aromatic rings. The van der Waals surface area contributed by atoms with Gasteiger partial charge in [-0.05, 0) is 26.8 Å². The summed E-state index contributed by atoms with van der Waals surface area (Å²) in [5.41, 5.74) is 3.85. The number of nitrogen functional groups attached to an aromatic ring is 1. The van der Waals surface area contributed by atoms with Gasteiger partial charge in [0, 0.05) is 13.1 Å². The van der Waals surface area contributed by atoms with E-state index in [0.29, 0.717) is 6.54 Å². The van der Waals surface area contributed by atoms with Gasteiger partial charge in [0.2, 0.25) is 0 Å². The van der Waals surface area contributed by atoms with E-state index in [9.17, 15) is 20.0 Å². The average Bonchev–Trinajstić information content (AvgIpc) is 2.33. The number of hydrogen-bond acceptors (Lipinski definition) is 6. The molecule has 0 saturated carbocycles. The molecule has 110 valence electrons. The van der Waals surface area contributed by atoms with Crippen LogP contribution in [0.15, 0.2) is 12.3 Å². The van der Waals surface area contributed by atoms with Gasteiger partial charge in [-0.25, -0.2) is 4.98 Å². The number of pyridine rings is 1. The van der Waals surface area contributed by atoms with Crippen LogP contribution in [0, 0.1) is 10.1 Å². The molecule has 0 bridgehead atoms. The number of aliphatic hydroxyl groups is 1. The Hall–Kier alpha value is -2.22. The normalized spacial score (nSPS) is 11.2. The van der Waals surface area contributed by atoms with Gasteiger partial charge in [0.05, 0.1) is 10.5 Å². The van der Waals surface area contributed by atoms with Crippen molar-refractivity contribution < 1.29 is 14.8 Å². The van der Waals surface area contributed by atoms with Crippen LogP contribution >= 0.6 is 0 Å². The summed E-state index contributed by atoms with van der Waals surface area (Å²) in [4.78, 5) is 27.6. The smallest absolute Gasteiger partial charge is 0.300 e. The highest BCUT2D eigenvalue weighted by Gasteiger charge is 2.28. The standard InChI is InChI=1S/C12H18N4O4/c1-4-15(7-12(2,3)18)11(17)8-5-10(13)14-6-9(8)16(19)20/h5-6,18H,4,7H2,1-3H3,(H2,13,14). The molecule has 1 rings (SSSR count). The zero-order valence-corrected chi connectivity index (χ0v) is 11.7. The van der Waals surface area contributed by atoms with E-state index >= 15 is 0 Å². The third kappa shape index (κ3) is 3.89. The lowest BCUT2D eigenvalue weighted by Gasteiger charge is -2.28. The van der Waals surface area contributed by atoms with Crippen LogP contribution in [-0.4, -0.2) is 44.5 Å². The van der Waals surface area contributed by atoms with Gasteiger partial charge in [-0.3, -0.25) is 14.9 Å². The highest BCUT2D eigenvalue weighted by Crippen LogP contribution is 2.21. The fourth-order valence-electron chi connectivity index (χ4n) is 1.75. The van der Waals surface area contributed by atoms with E-state index in [4.69, 9.17) is 5.73 Å². The number of nitrogens with zero attached hydrogens (tertiary/aromatic N) is 3. The Morgan fingerprint density at radius 3 is 2.65 bits per heavy atom. The van der Waals surface area contributed by atoms with Crippen molar-refractivity contribution in [2.75, 3.05) is 18.8 Å². The Morgan fingerprint density at radius 1 is 1.60 bits per heavy atom. The second-order valence-corrected chi connectivity index (χ2v) is 5.02. The van der Waals surface area contributed by atoms with Crippen molar-refractivity contribution in [1.29, 1.82) is 0 Å². The molecule has 0 aliphatic rings. The van der Waals surface area contributed by atoms with E-state index in [1.54, 1.807) is 20.8 Å². The molecule has 0 fully saturated rings. The van der Waals surface area contributed by atoms with Gasteiger partial charge in [0.1, 0.15) is 17.6 Å². The van der Waals surface area contributed by atoms with Crippen molar-refractivity contribution in [3.63, 3.8) is 0 Å². The first-order valence-electron chi connectivity index (χ1n) is 6.07. The molecular weight excluding hydrogens is 264 g/mol. The molecule has 20 heavy (non-hydrogen) atoms. The maximum atomic E-state index is 12.4. The summed E-state index contributed by atoms with van der Waals surface area (Å²) in [6.45, 7) is 5.19. The molecule has 1 aromatic heterocycles. The molecule has 0 radical (unpaired) electrons. The molecule has 0 aliphatic carbocycles. The van der Waals surface area contributed by atoms with Crippen molar-refractivity contribution in [1.82, 2.24) is 9.88 Å². The predicted octanol–water partition coefficient (Wildman–Crippen LogP) is 0.805. The van der Waals surface area contributed by atoms with Gasteiger partial charge in [-0.2, -0.15) is 0 Å². The predicted molar refractivity (Wildman–Crippen MR) is 73.2 cm³/mol. The van der Waals surface area contributed by atoms with Gasteiger partial charge >= 0.3 is 0 Å². The molecule has 0 aliphatic heterocycles. The summed E-state index contributed by atoms with van der Waals surface area (Å²) in [6, 6.07) is 1.17. The topological polar surface area (TPSA) is 123 Å². The number of likely N-dealkylation sites (N-methyl/N-ethyl adjacent to an activating group) is 1. The van der Waals surface area contributed by atoms with Crippen LogP contribution < -0.4 is 5.73 Å². The highest BCUT2D eigenvalue weighted by molar-refractivity contribution is 5.98. The van der Waals surface area contributed by atoms with Crippen LogP contribution in [-0.2, 0) is 0 Å². The highest BCUT2D eigenvalue weighted by atomic mass is 16.6. The van der Waals surface area contributed by atoms with E-state index in [1.807, 2.05) is 0 Å². The van der Waals surface area contributed by atoms with Crippen molar-refractivity contribution in [2.45, 2.75) is 26.4 Å². The van der Waals surface area contributed by atoms with Crippen molar-refractivity contribution >= 4 is 17.4 Å². The summed E-state index contributed by atoms with van der Waals surface area (Å²) < 4.78 is 0. The van der Waals surface area contributed by atoms with Crippen molar-refractivity contribution in [3.05, 3.63) is 27.9 Å². The summed E-state index contributed by atoms with van der Waals surface area (Å²) in [6.07, 6.45) is 0.959. The Balaban J connectivity index is 3.18. The molecule has 1 heterocycles. The summed E-state index contributed by atoms with van der Waals surface area (Å²) in [5.74, 6) is -0.534. The van der Waals surface area contributed by atoms with Crippen LogP contribution in [0.4, 0.5) is 11.5 Å². The lowest BCUT2D eigenvalue weighted by molar-refractivity contribution is -0.385. The van der Waals surface area contributed by atoms with E-state index in [1.165, 1.54) is 11.0 Å². The number of rotatable bonds is 5. The van der Waals surface area contributed by atoms with Crippen LogP contribution in [0.1, 0.15) is 31.1 Å². The Kier molecular flexibility index (Phi) is 4.61. The Morgan fingerprint density at radius 2 is 2.20 bits per heavy atom. The molecule has 8 nitrogen and oxygen atoms in total. The molecule has 0 aromatic carbocycles. The monoisotopic (exact) mass is 282 g/mol. The fourth-order valence-corrected chi connectivity index (χ4v) is 1.75. The number of anilines is 1. The first kappa shape index (κ1) is 15.8. The SMILES string of the molecule is CCN(CC(C)(C)O)C(=O)c1cc(N)ncc1[N+](=O)[O-]. The van der Waals surface area contributed by atoms with Gasteiger partial charge in [-0.15, -0.1) is 0 Å². The number of nitrogens with two attached hydrogens (primary N) is 1. The third-order valence-corrected chi connectivity index (χ3v) is 2.58. The molecule has 3 N–H and O–H groups in total. The van der Waals surface area contributed by atoms with Crippen molar-refractivity contribution in [3.8, 4) is 0 Å². The summed E-state index contributed by atoms with van der Waals surface area (Å²) in [7, 11) is 0. The zero-order valence-electron chi connectivity index (χ0n) is 11.7. The van der Waals surface area contributed by atoms with Gasteiger partial charge in [-0.1, -0.05) is 0 Å². The quantitative estimate of drug-likeness (QED) is 0.608. The number of nitro groups is 1. The van der Waals surface area contributed by atoms with Crippen LogP contribution in [0.3, 0.4) is 0 Å². The molecule has 0 atom stereocenters. The van der Waals surface area contributed by atoms with Crippen LogP contribution in [0.25, 0.3) is 0 Å². The fraction of sp³-hybridized carbons (Fsp3) is 0.500. The number of carbonyl (C=O) groups is 1. The minimum absolute atomic E-state index is 0.0262. The number of amides is 1. The van der Waals surface area contributed by atoms with Gasteiger partial charge in [0.15, 0.2) is 0 Å². The molecule has 0 unspecified atom stereocenters. The Bertz CT molecular complexity index is 525. The maximum Gasteiger partial charge on any atom is 0.300 e. The second kappa shape index (κ2) is 5.83. The number of carbonyl (C=O) groups excluding carboxylic acids is 1.